The molecular weight excluding hydrogens is 478 g/mol. The molecule has 3 heterocycles. The van der Waals surface area contributed by atoms with E-state index in [9.17, 15) is 0 Å². The molecule has 0 spiro atoms. The van der Waals surface area contributed by atoms with E-state index in [1.165, 1.54) is 16.2 Å². The number of hydrogen-bond donors (Lipinski definition) is 0. The number of para-hydroxylation sites is 2. The first-order chi connectivity index (χ1) is 19.1. The highest BCUT2D eigenvalue weighted by molar-refractivity contribution is 6.23. The Morgan fingerprint density at radius 1 is 0.590 bits per heavy atom. The average Bonchev–Trinajstić information content (AvgIpc) is 3.56. The third-order valence-electron chi connectivity index (χ3n) is 8.08. The summed E-state index contributed by atoms with van der Waals surface area (Å²) in [5.74, 6) is 0.855. The lowest BCUT2D eigenvalue weighted by atomic mass is 9.99. The van der Waals surface area contributed by atoms with Crippen LogP contribution in [0.2, 0.25) is 0 Å². The Kier molecular flexibility index (Phi) is 4.54. The van der Waals surface area contributed by atoms with Gasteiger partial charge in [-0.3, -0.25) is 9.55 Å². The minimum absolute atomic E-state index is 0.848. The van der Waals surface area contributed by atoms with Crippen LogP contribution in [0, 0.1) is 20.8 Å². The standard InChI is InChI=1S/C35H25N3O/c1-20-21(2)36-22(3)31-32(20)38(25-11-5-4-6-12-25)35(37-31)29-15-9-14-27-28-19-18-24-17-16-23-10-7-8-13-26(23)30(24)34(28)39-33(27)29/h4-19H,1-3H3. The molecule has 3 aromatic heterocycles. The monoisotopic (exact) mass is 503 g/mol. The number of benzene rings is 5. The van der Waals surface area contributed by atoms with E-state index in [1.54, 1.807) is 0 Å². The van der Waals surface area contributed by atoms with Gasteiger partial charge in [-0.05, 0) is 66.8 Å². The SMILES string of the molecule is Cc1nc(C)c2nc(-c3cccc4c3oc3c4ccc4ccc5ccccc5c43)n(-c3ccccc3)c2c1C. The van der Waals surface area contributed by atoms with Crippen molar-refractivity contribution in [3.05, 3.63) is 114 Å². The van der Waals surface area contributed by atoms with Gasteiger partial charge in [0.1, 0.15) is 22.5 Å². The smallest absolute Gasteiger partial charge is 0.149 e. The van der Waals surface area contributed by atoms with Crippen molar-refractivity contribution in [2.75, 3.05) is 0 Å². The number of aryl methyl sites for hydroxylation is 3. The third kappa shape index (κ3) is 3.06. The van der Waals surface area contributed by atoms with Crippen LogP contribution in [-0.4, -0.2) is 14.5 Å². The molecule has 0 aliphatic heterocycles. The molecule has 5 aromatic carbocycles. The molecule has 0 atom stereocenters. The van der Waals surface area contributed by atoms with Gasteiger partial charge in [0, 0.05) is 27.5 Å². The maximum absolute atomic E-state index is 6.86. The van der Waals surface area contributed by atoms with E-state index in [-0.39, 0.29) is 0 Å². The van der Waals surface area contributed by atoms with Gasteiger partial charge in [0.05, 0.1) is 16.8 Å². The lowest BCUT2D eigenvalue weighted by Gasteiger charge is -2.12. The predicted molar refractivity (Wildman–Crippen MR) is 161 cm³/mol. The Morgan fingerprint density at radius 3 is 2.18 bits per heavy atom. The van der Waals surface area contributed by atoms with Crippen molar-refractivity contribution in [2.45, 2.75) is 20.8 Å². The van der Waals surface area contributed by atoms with Crippen LogP contribution in [0.1, 0.15) is 17.0 Å². The lowest BCUT2D eigenvalue weighted by molar-refractivity contribution is 0.673. The van der Waals surface area contributed by atoms with Crippen molar-refractivity contribution in [1.29, 1.82) is 0 Å². The zero-order valence-electron chi connectivity index (χ0n) is 22.0. The van der Waals surface area contributed by atoms with E-state index in [0.29, 0.717) is 0 Å². The second-order valence-corrected chi connectivity index (χ2v) is 10.3. The molecule has 0 amide bonds. The van der Waals surface area contributed by atoms with Gasteiger partial charge in [-0.1, -0.05) is 72.8 Å². The molecule has 0 unspecified atom stereocenters. The highest BCUT2D eigenvalue weighted by Crippen LogP contribution is 2.42. The number of aromatic nitrogens is 3. The number of furan rings is 1. The Morgan fingerprint density at radius 2 is 1.31 bits per heavy atom. The van der Waals surface area contributed by atoms with Crippen LogP contribution in [0.4, 0.5) is 0 Å². The second-order valence-electron chi connectivity index (χ2n) is 10.3. The fraction of sp³-hybridized carbons (Fsp3) is 0.0857. The average molecular weight is 504 g/mol. The molecule has 186 valence electrons. The van der Waals surface area contributed by atoms with E-state index in [0.717, 1.165) is 72.4 Å². The summed E-state index contributed by atoms with van der Waals surface area (Å²) in [7, 11) is 0. The maximum Gasteiger partial charge on any atom is 0.149 e. The zero-order valence-corrected chi connectivity index (χ0v) is 22.0. The fourth-order valence-electron chi connectivity index (χ4n) is 6.11. The van der Waals surface area contributed by atoms with E-state index < -0.39 is 0 Å². The summed E-state index contributed by atoms with van der Waals surface area (Å²) in [6.45, 7) is 6.24. The largest absolute Gasteiger partial charge is 0.455 e. The van der Waals surface area contributed by atoms with Crippen molar-refractivity contribution in [2.24, 2.45) is 0 Å². The number of imidazole rings is 1. The van der Waals surface area contributed by atoms with E-state index in [2.05, 4.69) is 109 Å². The van der Waals surface area contributed by atoms with Crippen LogP contribution in [-0.2, 0) is 0 Å². The summed E-state index contributed by atoms with van der Waals surface area (Å²) < 4.78 is 9.13. The van der Waals surface area contributed by atoms with Gasteiger partial charge >= 0.3 is 0 Å². The van der Waals surface area contributed by atoms with Crippen molar-refractivity contribution < 1.29 is 4.42 Å². The van der Waals surface area contributed by atoms with Gasteiger partial charge in [-0.2, -0.15) is 0 Å². The summed E-state index contributed by atoms with van der Waals surface area (Å²) in [5, 5.41) is 6.93. The van der Waals surface area contributed by atoms with Gasteiger partial charge in [-0.15, -0.1) is 0 Å². The van der Waals surface area contributed by atoms with E-state index in [1.807, 2.05) is 13.0 Å². The molecular formula is C35H25N3O. The zero-order chi connectivity index (χ0) is 26.2. The summed E-state index contributed by atoms with van der Waals surface area (Å²) in [6.07, 6.45) is 0. The number of fused-ring (bicyclic) bond motifs is 8. The topological polar surface area (TPSA) is 43.9 Å². The summed E-state index contributed by atoms with van der Waals surface area (Å²) in [6, 6.07) is 34.1. The molecule has 0 saturated carbocycles. The molecule has 0 fully saturated rings. The van der Waals surface area contributed by atoms with Crippen LogP contribution < -0.4 is 0 Å². The van der Waals surface area contributed by atoms with Gasteiger partial charge in [0.25, 0.3) is 0 Å². The van der Waals surface area contributed by atoms with Gasteiger partial charge < -0.3 is 4.42 Å². The van der Waals surface area contributed by atoms with Crippen LogP contribution >= 0.6 is 0 Å². The highest BCUT2D eigenvalue weighted by Gasteiger charge is 2.23. The second kappa shape index (κ2) is 8.02. The number of nitrogens with zero attached hydrogens (tertiary/aromatic N) is 3. The molecule has 0 radical (unpaired) electrons. The van der Waals surface area contributed by atoms with Crippen molar-refractivity contribution in [3.63, 3.8) is 0 Å². The predicted octanol–water partition coefficient (Wildman–Crippen LogP) is 9.22. The first kappa shape index (κ1) is 22.1. The summed E-state index contributed by atoms with van der Waals surface area (Å²) >= 11 is 0. The molecule has 4 nitrogen and oxygen atoms in total. The third-order valence-corrected chi connectivity index (χ3v) is 8.08. The summed E-state index contributed by atoms with van der Waals surface area (Å²) in [4.78, 5) is 10.0. The van der Waals surface area contributed by atoms with Gasteiger partial charge in [0.15, 0.2) is 0 Å². The Labute approximate surface area is 225 Å². The number of hydrogen-bond acceptors (Lipinski definition) is 3. The minimum Gasteiger partial charge on any atom is -0.455 e. The van der Waals surface area contributed by atoms with Crippen molar-refractivity contribution in [1.82, 2.24) is 14.5 Å². The van der Waals surface area contributed by atoms with Crippen LogP contribution in [0.25, 0.3) is 71.6 Å². The number of rotatable bonds is 2. The van der Waals surface area contributed by atoms with Crippen LogP contribution in [0.5, 0.6) is 0 Å². The van der Waals surface area contributed by atoms with Crippen LogP contribution in [0.3, 0.4) is 0 Å². The summed E-state index contributed by atoms with van der Waals surface area (Å²) in [5.41, 5.74) is 8.88. The minimum atomic E-state index is 0.848. The first-order valence-electron chi connectivity index (χ1n) is 13.3. The highest BCUT2D eigenvalue weighted by atomic mass is 16.3. The molecule has 4 heteroatoms. The van der Waals surface area contributed by atoms with E-state index >= 15 is 0 Å². The number of pyridine rings is 1. The normalized spacial score (nSPS) is 12.0. The van der Waals surface area contributed by atoms with E-state index in [4.69, 9.17) is 14.4 Å². The molecule has 0 saturated heterocycles. The fourth-order valence-corrected chi connectivity index (χ4v) is 6.11. The molecule has 0 N–H and O–H groups in total. The molecule has 39 heavy (non-hydrogen) atoms. The molecule has 0 bridgehead atoms. The van der Waals surface area contributed by atoms with Crippen LogP contribution in [0.15, 0.2) is 101 Å². The first-order valence-corrected chi connectivity index (χ1v) is 13.3. The quantitative estimate of drug-likeness (QED) is 0.221. The Balaban J connectivity index is 1.53. The molecule has 0 aliphatic rings. The van der Waals surface area contributed by atoms with Crippen molar-refractivity contribution in [3.8, 4) is 17.1 Å². The lowest BCUT2D eigenvalue weighted by Crippen LogP contribution is -2.00. The van der Waals surface area contributed by atoms with Crippen molar-refractivity contribution >= 4 is 54.5 Å². The Hall–Kier alpha value is -4.96. The molecule has 0 aliphatic carbocycles. The molecule has 8 aromatic rings. The molecule has 8 rings (SSSR count). The van der Waals surface area contributed by atoms with Gasteiger partial charge in [0.2, 0.25) is 0 Å². The Bertz CT molecular complexity index is 2250. The van der Waals surface area contributed by atoms with Gasteiger partial charge in [-0.25, -0.2) is 4.98 Å². The maximum atomic E-state index is 6.86.